The Kier molecular flexibility index (Phi) is 5.76. The zero-order valence-electron chi connectivity index (χ0n) is 13.2. The Bertz CT molecular complexity index is 447. The van der Waals surface area contributed by atoms with Crippen molar-refractivity contribution in [3.05, 3.63) is 35.9 Å². The van der Waals surface area contributed by atoms with E-state index in [1.165, 1.54) is 12.8 Å². The summed E-state index contributed by atoms with van der Waals surface area (Å²) in [7, 11) is 1.88. The maximum atomic E-state index is 12.4. The molecule has 2 atom stereocenters. The number of benzene rings is 1. The summed E-state index contributed by atoms with van der Waals surface area (Å²) in [6.45, 7) is 4.17. The van der Waals surface area contributed by atoms with Crippen molar-refractivity contribution < 1.29 is 4.79 Å². The monoisotopic (exact) mass is 289 g/mol. The Morgan fingerprint density at radius 1 is 1.38 bits per heavy atom. The van der Waals surface area contributed by atoms with Crippen molar-refractivity contribution in [1.82, 2.24) is 9.80 Å². The van der Waals surface area contributed by atoms with Crippen LogP contribution in [0.5, 0.6) is 0 Å². The predicted molar refractivity (Wildman–Crippen MR) is 85.8 cm³/mol. The highest BCUT2D eigenvalue weighted by atomic mass is 16.2. The topological polar surface area (TPSA) is 49.6 Å². The molecule has 0 bridgehead atoms. The van der Waals surface area contributed by atoms with Crippen LogP contribution in [0.4, 0.5) is 0 Å². The number of likely N-dealkylation sites (tertiary alicyclic amines) is 1. The number of rotatable bonds is 5. The number of carbonyl (C=O) groups is 1. The average molecular weight is 289 g/mol. The zero-order valence-corrected chi connectivity index (χ0v) is 13.2. The third kappa shape index (κ3) is 4.55. The highest BCUT2D eigenvalue weighted by Crippen LogP contribution is 2.19. The van der Waals surface area contributed by atoms with E-state index in [1.807, 2.05) is 37.1 Å². The molecule has 1 aromatic rings. The van der Waals surface area contributed by atoms with E-state index < -0.39 is 0 Å². The lowest BCUT2D eigenvalue weighted by atomic mass is 9.97. The molecule has 21 heavy (non-hydrogen) atoms. The van der Waals surface area contributed by atoms with Crippen LogP contribution >= 0.6 is 0 Å². The lowest BCUT2D eigenvalue weighted by Crippen LogP contribution is -2.52. The van der Waals surface area contributed by atoms with Crippen molar-refractivity contribution in [3.63, 3.8) is 0 Å². The summed E-state index contributed by atoms with van der Waals surface area (Å²) in [5.41, 5.74) is 7.23. The van der Waals surface area contributed by atoms with Crippen LogP contribution in [-0.4, -0.2) is 47.9 Å². The maximum absolute atomic E-state index is 12.4. The largest absolute Gasteiger partial charge is 0.340 e. The number of piperidine rings is 1. The summed E-state index contributed by atoms with van der Waals surface area (Å²) in [5.74, 6) is 0.173. The second-order valence-corrected chi connectivity index (χ2v) is 6.13. The summed E-state index contributed by atoms with van der Waals surface area (Å²) in [6, 6.07) is 10.6. The number of hydrogen-bond acceptors (Lipinski definition) is 3. The predicted octanol–water partition coefficient (Wildman–Crippen LogP) is 1.85. The van der Waals surface area contributed by atoms with Gasteiger partial charge in [0.15, 0.2) is 0 Å². The fourth-order valence-corrected chi connectivity index (χ4v) is 3.05. The number of nitrogens with two attached hydrogens (primary N) is 1. The molecule has 0 spiro atoms. The SMILES string of the molecule is CC(N)C1CCCCN1CC(=O)N(C)Cc1ccccc1. The van der Waals surface area contributed by atoms with Crippen LogP contribution in [0.2, 0.25) is 0 Å². The van der Waals surface area contributed by atoms with E-state index in [0.29, 0.717) is 19.1 Å². The van der Waals surface area contributed by atoms with Gasteiger partial charge in [-0.3, -0.25) is 9.69 Å². The molecule has 1 aliphatic heterocycles. The molecule has 0 aliphatic carbocycles. The Morgan fingerprint density at radius 2 is 2.10 bits per heavy atom. The third-order valence-corrected chi connectivity index (χ3v) is 4.30. The van der Waals surface area contributed by atoms with Gasteiger partial charge in [-0.25, -0.2) is 0 Å². The molecule has 1 fully saturated rings. The first kappa shape index (κ1) is 16.0. The third-order valence-electron chi connectivity index (χ3n) is 4.30. The van der Waals surface area contributed by atoms with Crippen molar-refractivity contribution in [2.75, 3.05) is 20.1 Å². The molecule has 2 rings (SSSR count). The van der Waals surface area contributed by atoms with Crippen molar-refractivity contribution >= 4 is 5.91 Å². The first-order valence-electron chi connectivity index (χ1n) is 7.85. The van der Waals surface area contributed by atoms with E-state index in [2.05, 4.69) is 17.0 Å². The molecule has 2 unspecified atom stereocenters. The molecule has 1 saturated heterocycles. The molecule has 0 aromatic heterocycles. The molecule has 0 saturated carbocycles. The number of likely N-dealkylation sites (N-methyl/N-ethyl adjacent to an activating group) is 1. The fraction of sp³-hybridized carbons (Fsp3) is 0.588. The first-order valence-corrected chi connectivity index (χ1v) is 7.85. The Labute approximate surface area is 127 Å². The van der Waals surface area contributed by atoms with Gasteiger partial charge in [0.05, 0.1) is 6.54 Å². The highest BCUT2D eigenvalue weighted by Gasteiger charge is 2.27. The smallest absolute Gasteiger partial charge is 0.236 e. The van der Waals surface area contributed by atoms with Crippen LogP contribution in [0, 0.1) is 0 Å². The van der Waals surface area contributed by atoms with Crippen molar-refractivity contribution in [1.29, 1.82) is 0 Å². The van der Waals surface area contributed by atoms with Gasteiger partial charge in [0.25, 0.3) is 0 Å². The Hall–Kier alpha value is -1.39. The second-order valence-electron chi connectivity index (χ2n) is 6.13. The first-order chi connectivity index (χ1) is 10.1. The van der Waals surface area contributed by atoms with E-state index in [4.69, 9.17) is 5.73 Å². The molecule has 1 aliphatic rings. The zero-order chi connectivity index (χ0) is 15.2. The van der Waals surface area contributed by atoms with Gasteiger partial charge in [-0.05, 0) is 31.9 Å². The summed E-state index contributed by atoms with van der Waals surface area (Å²) >= 11 is 0. The molecule has 0 radical (unpaired) electrons. The lowest BCUT2D eigenvalue weighted by Gasteiger charge is -2.38. The number of amides is 1. The van der Waals surface area contributed by atoms with Crippen LogP contribution in [0.3, 0.4) is 0 Å². The van der Waals surface area contributed by atoms with E-state index in [0.717, 1.165) is 18.5 Å². The summed E-state index contributed by atoms with van der Waals surface area (Å²) in [4.78, 5) is 16.5. The Morgan fingerprint density at radius 3 is 2.76 bits per heavy atom. The lowest BCUT2D eigenvalue weighted by molar-refractivity contribution is -0.132. The van der Waals surface area contributed by atoms with Gasteiger partial charge in [0, 0.05) is 25.7 Å². The summed E-state index contributed by atoms with van der Waals surface area (Å²) < 4.78 is 0. The molecule has 4 heteroatoms. The van der Waals surface area contributed by atoms with Gasteiger partial charge < -0.3 is 10.6 Å². The number of hydrogen-bond donors (Lipinski definition) is 1. The molecular formula is C17H27N3O. The van der Waals surface area contributed by atoms with Crippen molar-refractivity contribution in [2.24, 2.45) is 5.73 Å². The van der Waals surface area contributed by atoms with Crippen molar-refractivity contribution in [3.8, 4) is 0 Å². The Balaban J connectivity index is 1.90. The quantitative estimate of drug-likeness (QED) is 0.900. The molecule has 1 amide bonds. The minimum atomic E-state index is 0.123. The van der Waals surface area contributed by atoms with Gasteiger partial charge in [-0.1, -0.05) is 36.8 Å². The van der Waals surface area contributed by atoms with Crippen molar-refractivity contribution in [2.45, 2.75) is 44.8 Å². The van der Waals surface area contributed by atoms with Crippen LogP contribution in [0.1, 0.15) is 31.7 Å². The summed E-state index contributed by atoms with van der Waals surface area (Å²) in [5, 5.41) is 0. The fourth-order valence-electron chi connectivity index (χ4n) is 3.05. The minimum Gasteiger partial charge on any atom is -0.340 e. The molecule has 1 heterocycles. The van der Waals surface area contributed by atoms with E-state index in [1.54, 1.807) is 0 Å². The standard InChI is InChI=1S/C17H27N3O/c1-14(18)16-10-6-7-11-20(16)13-17(21)19(2)12-15-8-4-3-5-9-15/h3-5,8-9,14,16H,6-7,10-13,18H2,1-2H3. The van der Waals surface area contributed by atoms with Gasteiger partial charge in [-0.15, -0.1) is 0 Å². The van der Waals surface area contributed by atoms with Crippen LogP contribution < -0.4 is 5.73 Å². The van der Waals surface area contributed by atoms with E-state index in [-0.39, 0.29) is 11.9 Å². The average Bonchev–Trinajstić information content (AvgIpc) is 2.48. The second kappa shape index (κ2) is 7.57. The molecular weight excluding hydrogens is 262 g/mol. The highest BCUT2D eigenvalue weighted by molar-refractivity contribution is 5.78. The van der Waals surface area contributed by atoms with Crippen LogP contribution in [-0.2, 0) is 11.3 Å². The minimum absolute atomic E-state index is 0.123. The molecule has 1 aromatic carbocycles. The van der Waals surface area contributed by atoms with Gasteiger partial charge in [0.1, 0.15) is 0 Å². The number of carbonyl (C=O) groups excluding carboxylic acids is 1. The van der Waals surface area contributed by atoms with E-state index >= 15 is 0 Å². The van der Waals surface area contributed by atoms with Crippen LogP contribution in [0.15, 0.2) is 30.3 Å². The molecule has 4 nitrogen and oxygen atoms in total. The summed E-state index contributed by atoms with van der Waals surface area (Å²) in [6.07, 6.45) is 3.49. The van der Waals surface area contributed by atoms with Gasteiger partial charge in [-0.2, -0.15) is 0 Å². The molecule has 2 N–H and O–H groups in total. The van der Waals surface area contributed by atoms with Crippen LogP contribution in [0.25, 0.3) is 0 Å². The van der Waals surface area contributed by atoms with Gasteiger partial charge in [0.2, 0.25) is 5.91 Å². The molecule has 116 valence electrons. The normalized spacial score (nSPS) is 21.0. The number of nitrogens with zero attached hydrogens (tertiary/aromatic N) is 2. The van der Waals surface area contributed by atoms with Gasteiger partial charge >= 0.3 is 0 Å². The van der Waals surface area contributed by atoms with E-state index in [9.17, 15) is 4.79 Å². The maximum Gasteiger partial charge on any atom is 0.236 e.